The molecule has 0 saturated carbocycles. The number of ether oxygens (including phenoxy) is 2. The third kappa shape index (κ3) is 5.76. The van der Waals surface area contributed by atoms with Gasteiger partial charge in [0.2, 0.25) is 5.60 Å². The Bertz CT molecular complexity index is 1020. The van der Waals surface area contributed by atoms with Crippen molar-refractivity contribution in [1.29, 1.82) is 0 Å². The molecule has 0 aliphatic heterocycles. The van der Waals surface area contributed by atoms with Gasteiger partial charge in [0, 0.05) is 0 Å². The fraction of sp³-hybridized carbons (Fsp3) is 0.222. The largest absolute Gasteiger partial charge is 0.490 e. The summed E-state index contributed by atoms with van der Waals surface area (Å²) in [5.74, 6) is 0.224. The lowest BCUT2D eigenvalue weighted by Gasteiger charge is -2.24. The molecule has 1 N–H and O–H groups in total. The first-order chi connectivity index (χ1) is 14.9. The lowest BCUT2D eigenvalue weighted by molar-refractivity contribution is -0.154. The van der Waals surface area contributed by atoms with E-state index in [2.05, 4.69) is 43.3 Å². The normalized spacial score (nSPS) is 13.3. The summed E-state index contributed by atoms with van der Waals surface area (Å²) in [6.45, 7) is 5.86. The van der Waals surface area contributed by atoms with Crippen molar-refractivity contribution in [2.24, 2.45) is 0 Å². The molecule has 0 aromatic heterocycles. The summed E-state index contributed by atoms with van der Waals surface area (Å²) >= 11 is 0. The molecule has 3 aromatic carbocycles. The Hall–Kier alpha value is -3.53. The second kappa shape index (κ2) is 9.98. The third-order valence-electron chi connectivity index (χ3n) is 5.38. The molecule has 31 heavy (non-hydrogen) atoms. The number of hydrogen-bond acceptors (Lipinski definition) is 3. The van der Waals surface area contributed by atoms with Crippen LogP contribution in [0.15, 0.2) is 84.9 Å². The Morgan fingerprint density at radius 1 is 0.903 bits per heavy atom. The highest BCUT2D eigenvalue weighted by Crippen LogP contribution is 2.25. The van der Waals surface area contributed by atoms with Gasteiger partial charge in [-0.05, 0) is 72.9 Å². The first-order valence-electron chi connectivity index (χ1n) is 10.4. The van der Waals surface area contributed by atoms with Gasteiger partial charge in [0.25, 0.3) is 0 Å². The molecule has 4 heteroatoms. The summed E-state index contributed by atoms with van der Waals surface area (Å²) in [5.41, 5.74) is 3.45. The second-order valence-corrected chi connectivity index (χ2v) is 7.60. The van der Waals surface area contributed by atoms with E-state index in [1.807, 2.05) is 24.3 Å². The average Bonchev–Trinajstić information content (AvgIpc) is 2.80. The van der Waals surface area contributed by atoms with Crippen LogP contribution in [0.4, 0.5) is 0 Å². The molecule has 0 unspecified atom stereocenters. The number of hydrogen-bond donors (Lipinski definition) is 1. The predicted octanol–water partition coefficient (Wildman–Crippen LogP) is 6.47. The van der Waals surface area contributed by atoms with Crippen molar-refractivity contribution in [3.05, 3.63) is 90.5 Å². The number of benzene rings is 3. The molecule has 0 amide bonds. The van der Waals surface area contributed by atoms with Crippen molar-refractivity contribution in [2.75, 3.05) is 6.61 Å². The van der Waals surface area contributed by atoms with Crippen LogP contribution in [-0.2, 0) is 4.79 Å². The van der Waals surface area contributed by atoms with E-state index in [1.54, 1.807) is 38.1 Å². The Morgan fingerprint density at radius 2 is 1.48 bits per heavy atom. The minimum Gasteiger partial charge on any atom is -0.490 e. The van der Waals surface area contributed by atoms with Crippen LogP contribution in [0.3, 0.4) is 0 Å². The van der Waals surface area contributed by atoms with Crippen LogP contribution in [-0.4, -0.2) is 23.3 Å². The summed E-state index contributed by atoms with van der Waals surface area (Å²) in [6, 6.07) is 25.8. The Labute approximate surface area is 183 Å². The zero-order valence-electron chi connectivity index (χ0n) is 18.2. The van der Waals surface area contributed by atoms with Gasteiger partial charge >= 0.3 is 5.97 Å². The van der Waals surface area contributed by atoms with Gasteiger partial charge in [-0.3, -0.25) is 0 Å². The number of rotatable bonds is 9. The van der Waals surface area contributed by atoms with Crippen molar-refractivity contribution >= 4 is 11.5 Å². The van der Waals surface area contributed by atoms with Crippen LogP contribution in [0.25, 0.3) is 16.7 Å². The SMILES string of the molecule is CC[C@](C)(Oc1ccc(OCC=C(C)c2ccc(-c3ccccc3)cc2)cc1)C(=O)O. The molecular formula is C27H28O4. The molecule has 0 fully saturated rings. The molecule has 1 atom stereocenters. The topological polar surface area (TPSA) is 55.8 Å². The standard InChI is InChI=1S/C27H28O4/c1-4-27(3,26(28)29)31-25-16-14-24(15-17-25)30-19-18-20(2)21-10-12-23(13-11-21)22-8-6-5-7-9-22/h5-18H,4,19H2,1-3H3,(H,28,29)/t27-/m0/s1. The number of carbonyl (C=O) groups is 1. The highest BCUT2D eigenvalue weighted by molar-refractivity contribution is 5.77. The highest BCUT2D eigenvalue weighted by Gasteiger charge is 2.33. The van der Waals surface area contributed by atoms with E-state index in [0.29, 0.717) is 24.5 Å². The smallest absolute Gasteiger partial charge is 0.347 e. The van der Waals surface area contributed by atoms with E-state index < -0.39 is 11.6 Å². The minimum atomic E-state index is -1.24. The molecule has 3 aromatic rings. The molecule has 160 valence electrons. The monoisotopic (exact) mass is 416 g/mol. The van der Waals surface area contributed by atoms with Crippen LogP contribution in [0.5, 0.6) is 11.5 Å². The zero-order valence-corrected chi connectivity index (χ0v) is 18.2. The third-order valence-corrected chi connectivity index (χ3v) is 5.38. The molecule has 0 spiro atoms. The molecule has 0 heterocycles. The molecule has 0 radical (unpaired) electrons. The molecule has 0 aliphatic rings. The van der Waals surface area contributed by atoms with Gasteiger partial charge in [0.1, 0.15) is 18.1 Å². The molecule has 0 bridgehead atoms. The number of aliphatic carboxylic acids is 1. The maximum Gasteiger partial charge on any atom is 0.347 e. The van der Waals surface area contributed by atoms with Crippen molar-refractivity contribution in [3.63, 3.8) is 0 Å². The minimum absolute atomic E-state index is 0.372. The second-order valence-electron chi connectivity index (χ2n) is 7.60. The Morgan fingerprint density at radius 3 is 2.06 bits per heavy atom. The molecule has 4 nitrogen and oxygen atoms in total. The predicted molar refractivity (Wildman–Crippen MR) is 124 cm³/mol. The van der Waals surface area contributed by atoms with E-state index in [1.165, 1.54) is 11.1 Å². The lowest BCUT2D eigenvalue weighted by Crippen LogP contribution is -2.40. The maximum atomic E-state index is 11.4. The van der Waals surface area contributed by atoms with E-state index in [-0.39, 0.29) is 0 Å². The van der Waals surface area contributed by atoms with Crippen molar-refractivity contribution in [1.82, 2.24) is 0 Å². The molecule has 0 aliphatic carbocycles. The number of carboxylic acid groups (broad SMARTS) is 1. The highest BCUT2D eigenvalue weighted by atomic mass is 16.5. The van der Waals surface area contributed by atoms with Gasteiger partial charge in [-0.15, -0.1) is 0 Å². The van der Waals surface area contributed by atoms with Gasteiger partial charge in [-0.25, -0.2) is 4.79 Å². The number of carboxylic acids is 1. The summed E-state index contributed by atoms with van der Waals surface area (Å²) in [4.78, 5) is 11.4. The van der Waals surface area contributed by atoms with E-state index in [4.69, 9.17) is 9.47 Å². The van der Waals surface area contributed by atoms with E-state index in [9.17, 15) is 9.90 Å². The quantitative estimate of drug-likeness (QED) is 0.434. The first-order valence-corrected chi connectivity index (χ1v) is 10.4. The maximum absolute atomic E-state index is 11.4. The lowest BCUT2D eigenvalue weighted by atomic mass is 10.0. The van der Waals surface area contributed by atoms with Gasteiger partial charge < -0.3 is 14.6 Å². The van der Waals surface area contributed by atoms with Crippen LogP contribution in [0, 0.1) is 0 Å². The van der Waals surface area contributed by atoms with Crippen LogP contribution in [0.1, 0.15) is 32.8 Å². The zero-order chi connectivity index (χ0) is 22.3. The van der Waals surface area contributed by atoms with Crippen molar-refractivity contribution < 1.29 is 19.4 Å². The van der Waals surface area contributed by atoms with Crippen molar-refractivity contribution in [3.8, 4) is 22.6 Å². The summed E-state index contributed by atoms with van der Waals surface area (Å²) in [7, 11) is 0. The van der Waals surface area contributed by atoms with Crippen LogP contribution >= 0.6 is 0 Å². The van der Waals surface area contributed by atoms with Crippen LogP contribution < -0.4 is 9.47 Å². The van der Waals surface area contributed by atoms with Gasteiger partial charge in [0.15, 0.2) is 0 Å². The van der Waals surface area contributed by atoms with E-state index >= 15 is 0 Å². The number of allylic oxidation sites excluding steroid dienone is 1. The van der Waals surface area contributed by atoms with Gasteiger partial charge in [-0.1, -0.05) is 61.5 Å². The average molecular weight is 417 g/mol. The Balaban J connectivity index is 1.57. The van der Waals surface area contributed by atoms with Crippen molar-refractivity contribution in [2.45, 2.75) is 32.8 Å². The molecule has 0 saturated heterocycles. The fourth-order valence-corrected chi connectivity index (χ4v) is 3.07. The summed E-state index contributed by atoms with van der Waals surface area (Å²) < 4.78 is 11.4. The van der Waals surface area contributed by atoms with E-state index in [0.717, 1.165) is 11.1 Å². The van der Waals surface area contributed by atoms with Gasteiger partial charge in [0.05, 0.1) is 0 Å². The van der Waals surface area contributed by atoms with Gasteiger partial charge in [-0.2, -0.15) is 0 Å². The fourth-order valence-electron chi connectivity index (χ4n) is 3.07. The molecular weight excluding hydrogens is 388 g/mol. The van der Waals surface area contributed by atoms with Crippen LogP contribution in [0.2, 0.25) is 0 Å². The Kier molecular flexibility index (Phi) is 7.14. The molecule has 3 rings (SSSR count). The summed E-state index contributed by atoms with van der Waals surface area (Å²) in [5, 5.41) is 9.33. The first kappa shape index (κ1) is 22.2. The summed E-state index contributed by atoms with van der Waals surface area (Å²) in [6.07, 6.45) is 2.41.